The Labute approximate surface area is 187 Å². The summed E-state index contributed by atoms with van der Waals surface area (Å²) in [5.41, 5.74) is 9.72. The molecule has 31 heavy (non-hydrogen) atoms. The second kappa shape index (κ2) is 11.6. The van der Waals surface area contributed by atoms with Gasteiger partial charge in [0.05, 0.1) is 23.4 Å². The molecule has 0 bridgehead atoms. The van der Waals surface area contributed by atoms with Gasteiger partial charge >= 0.3 is 11.0 Å². The lowest BCUT2D eigenvalue weighted by Crippen LogP contribution is -2.36. The molecular formula is C24H31N4O2S+. The molecule has 0 unspecified atom stereocenters. The van der Waals surface area contributed by atoms with E-state index >= 15 is 0 Å². The zero-order valence-electron chi connectivity index (χ0n) is 18.3. The van der Waals surface area contributed by atoms with Gasteiger partial charge in [-0.05, 0) is 42.4 Å². The van der Waals surface area contributed by atoms with E-state index in [1.54, 1.807) is 12.1 Å². The summed E-state index contributed by atoms with van der Waals surface area (Å²) >= 11 is 1.50. The third-order valence-electron chi connectivity index (χ3n) is 5.15. The number of hydrogen-bond donors (Lipinski definition) is 2. The van der Waals surface area contributed by atoms with Gasteiger partial charge in [-0.1, -0.05) is 57.7 Å². The van der Waals surface area contributed by atoms with Gasteiger partial charge in [0.15, 0.2) is 5.75 Å². The first-order valence-corrected chi connectivity index (χ1v) is 11.9. The largest absolute Gasteiger partial charge is 0.491 e. The number of amides is 1. The fraction of sp³-hybridized carbons (Fsp3) is 0.417. The van der Waals surface area contributed by atoms with Crippen LogP contribution in [0.25, 0.3) is 10.2 Å². The monoisotopic (exact) mass is 439 g/mol. The van der Waals surface area contributed by atoms with Crippen LogP contribution in [0.4, 0.5) is 10.8 Å². The first kappa shape index (κ1) is 22.9. The molecule has 2 N–H and O–H groups in total. The number of thiazole rings is 1. The van der Waals surface area contributed by atoms with Crippen molar-refractivity contribution in [3.05, 3.63) is 48.0 Å². The van der Waals surface area contributed by atoms with E-state index in [4.69, 9.17) is 10.3 Å². The Morgan fingerprint density at radius 3 is 2.58 bits per heavy atom. The number of benzene rings is 2. The predicted octanol–water partition coefficient (Wildman–Crippen LogP) is 6.86. The lowest BCUT2D eigenvalue weighted by atomic mass is 10.2. The first-order valence-electron chi connectivity index (χ1n) is 11.0. The number of aryl methyl sites for hydroxylation is 1. The number of hydrogen-bond acceptors (Lipinski definition) is 5. The van der Waals surface area contributed by atoms with Crippen molar-refractivity contribution in [1.82, 2.24) is 0 Å². The van der Waals surface area contributed by atoms with E-state index < -0.39 is 0 Å². The summed E-state index contributed by atoms with van der Waals surface area (Å²) in [5.74, 6) is 0.498. The number of carbonyl (C=O) groups excluding carboxylic acids is 1. The van der Waals surface area contributed by atoms with Crippen molar-refractivity contribution < 1.29 is 14.1 Å². The number of anilines is 1. The molecule has 0 radical (unpaired) electrons. The highest BCUT2D eigenvalue weighted by molar-refractivity contribution is 7.21. The molecule has 0 saturated carbocycles. The van der Waals surface area contributed by atoms with Crippen LogP contribution in [0.3, 0.4) is 0 Å². The van der Waals surface area contributed by atoms with E-state index in [2.05, 4.69) is 28.8 Å². The third-order valence-corrected chi connectivity index (χ3v) is 6.21. The summed E-state index contributed by atoms with van der Waals surface area (Å²) in [6.45, 7) is 5.75. The van der Waals surface area contributed by atoms with Crippen LogP contribution in [-0.4, -0.2) is 12.5 Å². The van der Waals surface area contributed by atoms with E-state index in [1.807, 2.05) is 30.3 Å². The zero-order valence-corrected chi connectivity index (χ0v) is 19.1. The SMILES string of the molecule is CCCCCCOc1cc2c(cc1N=N)sc(NC(=O)c1ccccc1)[n+]2CCCC. The normalized spacial score (nSPS) is 10.9. The van der Waals surface area contributed by atoms with Gasteiger partial charge in [-0.2, -0.15) is 10.4 Å². The number of nitrogens with one attached hydrogen (secondary N) is 2. The molecule has 3 aromatic rings. The second-order valence-corrected chi connectivity index (χ2v) is 8.57. The van der Waals surface area contributed by atoms with Gasteiger partial charge in [-0.25, -0.2) is 14.9 Å². The van der Waals surface area contributed by atoms with Crippen LogP contribution >= 0.6 is 11.3 Å². The Morgan fingerprint density at radius 1 is 1.10 bits per heavy atom. The molecule has 0 spiro atoms. The van der Waals surface area contributed by atoms with Gasteiger partial charge < -0.3 is 4.74 Å². The minimum Gasteiger partial charge on any atom is -0.491 e. The van der Waals surface area contributed by atoms with E-state index in [0.717, 1.165) is 47.6 Å². The Morgan fingerprint density at radius 2 is 1.87 bits per heavy atom. The zero-order chi connectivity index (χ0) is 22.1. The highest BCUT2D eigenvalue weighted by atomic mass is 32.1. The van der Waals surface area contributed by atoms with Gasteiger partial charge in [-0.15, -0.1) is 0 Å². The van der Waals surface area contributed by atoms with E-state index in [9.17, 15) is 4.79 Å². The molecule has 164 valence electrons. The van der Waals surface area contributed by atoms with Gasteiger partial charge in [0.25, 0.3) is 0 Å². The number of nitrogens with zero attached hydrogens (tertiary/aromatic N) is 2. The highest BCUT2D eigenvalue weighted by Crippen LogP contribution is 2.36. The minimum atomic E-state index is -0.129. The fourth-order valence-corrected chi connectivity index (χ4v) is 4.50. The fourth-order valence-electron chi connectivity index (χ4n) is 3.40. The summed E-state index contributed by atoms with van der Waals surface area (Å²) < 4.78 is 9.11. The average molecular weight is 440 g/mol. The standard InChI is InChI=1S/C24H30N4O2S/c1-3-5-7-11-15-30-21-17-20-22(16-19(21)27-25)31-24(28(20)14-6-4-2)26-23(29)18-12-9-8-10-13-18/h8-10,12-13,16-17,25H,3-7,11,14-15H2,1-2H3/p+1. The highest BCUT2D eigenvalue weighted by Gasteiger charge is 2.23. The van der Waals surface area contributed by atoms with E-state index in [-0.39, 0.29) is 5.91 Å². The quantitative estimate of drug-likeness (QED) is 0.184. The number of unbranched alkanes of at least 4 members (excludes halogenated alkanes) is 4. The molecule has 0 aliphatic carbocycles. The maximum absolute atomic E-state index is 12.7. The Kier molecular flexibility index (Phi) is 8.53. The molecule has 2 aromatic carbocycles. The first-order chi connectivity index (χ1) is 15.2. The third kappa shape index (κ3) is 5.88. The number of aromatic nitrogens is 1. The topological polar surface area (TPSA) is 78.4 Å². The Bertz CT molecular complexity index is 1020. The Balaban J connectivity index is 1.91. The van der Waals surface area contributed by atoms with Crippen molar-refractivity contribution >= 4 is 38.3 Å². The number of carbonyl (C=O) groups is 1. The molecule has 0 aliphatic rings. The second-order valence-electron chi connectivity index (χ2n) is 7.54. The molecule has 1 aromatic heterocycles. The van der Waals surface area contributed by atoms with Crippen LogP contribution < -0.4 is 14.6 Å². The molecule has 0 aliphatic heterocycles. The lowest BCUT2D eigenvalue weighted by Gasteiger charge is -2.08. The van der Waals surface area contributed by atoms with E-state index in [1.165, 1.54) is 24.2 Å². The van der Waals surface area contributed by atoms with Crippen LogP contribution in [0.2, 0.25) is 0 Å². The van der Waals surface area contributed by atoms with Crippen molar-refractivity contribution in [1.29, 1.82) is 5.53 Å². The van der Waals surface area contributed by atoms with Gasteiger partial charge in [0.2, 0.25) is 0 Å². The molecular weight excluding hydrogens is 408 g/mol. The number of fused-ring (bicyclic) bond motifs is 1. The van der Waals surface area contributed by atoms with Crippen molar-refractivity contribution in [3.63, 3.8) is 0 Å². The van der Waals surface area contributed by atoms with Crippen molar-refractivity contribution in [3.8, 4) is 5.75 Å². The molecule has 0 fully saturated rings. The van der Waals surface area contributed by atoms with Crippen LogP contribution in [0.15, 0.2) is 47.6 Å². The average Bonchev–Trinajstić information content (AvgIpc) is 3.13. The van der Waals surface area contributed by atoms with Crippen molar-refractivity contribution in [2.75, 3.05) is 11.9 Å². The molecule has 0 atom stereocenters. The Hall–Kier alpha value is -2.80. The molecule has 7 heteroatoms. The van der Waals surface area contributed by atoms with E-state index in [0.29, 0.717) is 23.6 Å². The van der Waals surface area contributed by atoms with Gasteiger partial charge in [-0.3, -0.25) is 0 Å². The lowest BCUT2D eigenvalue weighted by molar-refractivity contribution is -0.653. The molecule has 0 saturated heterocycles. The summed E-state index contributed by atoms with van der Waals surface area (Å²) in [4.78, 5) is 12.7. The molecule has 3 rings (SSSR count). The molecule has 1 amide bonds. The summed E-state index contributed by atoms with van der Waals surface area (Å²) in [6.07, 6.45) is 6.56. The maximum Gasteiger partial charge on any atom is 0.342 e. The molecule has 1 heterocycles. The molecule has 6 nitrogen and oxygen atoms in total. The van der Waals surface area contributed by atoms with Crippen LogP contribution in [0.5, 0.6) is 5.75 Å². The maximum atomic E-state index is 12.7. The number of ether oxygens (including phenoxy) is 1. The van der Waals surface area contributed by atoms with Crippen molar-refractivity contribution in [2.24, 2.45) is 5.11 Å². The predicted molar refractivity (Wildman–Crippen MR) is 126 cm³/mol. The summed E-state index contributed by atoms with van der Waals surface area (Å²) in [6, 6.07) is 13.1. The van der Waals surface area contributed by atoms with Crippen LogP contribution in [0.1, 0.15) is 62.7 Å². The number of rotatable bonds is 12. The van der Waals surface area contributed by atoms with Crippen molar-refractivity contribution in [2.45, 2.75) is 58.9 Å². The minimum absolute atomic E-state index is 0.129. The summed E-state index contributed by atoms with van der Waals surface area (Å²) in [5, 5.41) is 7.54. The van der Waals surface area contributed by atoms with Gasteiger partial charge in [0, 0.05) is 6.07 Å². The summed E-state index contributed by atoms with van der Waals surface area (Å²) in [7, 11) is 0. The van der Waals surface area contributed by atoms with Crippen LogP contribution in [-0.2, 0) is 6.54 Å². The van der Waals surface area contributed by atoms with Crippen LogP contribution in [0, 0.1) is 5.53 Å². The smallest absolute Gasteiger partial charge is 0.342 e. The van der Waals surface area contributed by atoms with Gasteiger partial charge in [0.1, 0.15) is 11.2 Å².